The van der Waals surface area contributed by atoms with Gasteiger partial charge in [0.25, 0.3) is 0 Å². The number of nitrogens with zero attached hydrogens (tertiary/aromatic N) is 1. The maximum atomic E-state index is 12.0. The van der Waals surface area contributed by atoms with Crippen LogP contribution in [-0.2, 0) is 17.6 Å². The Labute approximate surface area is 112 Å². The second kappa shape index (κ2) is 6.15. The number of anilines is 1. The summed E-state index contributed by atoms with van der Waals surface area (Å²) in [6.07, 6.45) is 4.56. The minimum atomic E-state index is -0.592. The summed E-state index contributed by atoms with van der Waals surface area (Å²) in [5, 5.41) is 2.88. The third kappa shape index (κ3) is 3.42. The monoisotopic (exact) mass is 258 g/mol. The highest BCUT2D eigenvalue weighted by Gasteiger charge is 2.15. The summed E-state index contributed by atoms with van der Waals surface area (Å²) in [6.45, 7) is 2.05. The van der Waals surface area contributed by atoms with E-state index in [1.54, 1.807) is 12.5 Å². The SMILES string of the molecule is CCc1ccccc1NC(=O)[C@@H](N)Cc1cnc[nH]1. The van der Waals surface area contributed by atoms with Gasteiger partial charge in [-0.15, -0.1) is 0 Å². The summed E-state index contributed by atoms with van der Waals surface area (Å²) in [4.78, 5) is 18.9. The van der Waals surface area contributed by atoms with E-state index in [1.165, 1.54) is 0 Å². The van der Waals surface area contributed by atoms with Gasteiger partial charge >= 0.3 is 0 Å². The predicted molar refractivity (Wildman–Crippen MR) is 74.7 cm³/mol. The first-order chi connectivity index (χ1) is 9.20. The molecule has 1 atom stereocenters. The van der Waals surface area contributed by atoms with Crippen molar-refractivity contribution in [2.45, 2.75) is 25.8 Å². The third-order valence-electron chi connectivity index (χ3n) is 2.99. The fourth-order valence-electron chi connectivity index (χ4n) is 1.90. The molecule has 2 rings (SSSR count). The zero-order valence-electron chi connectivity index (χ0n) is 10.9. The number of nitrogens with one attached hydrogen (secondary N) is 2. The summed E-state index contributed by atoms with van der Waals surface area (Å²) in [7, 11) is 0. The van der Waals surface area contributed by atoms with E-state index in [0.717, 1.165) is 23.4 Å². The molecule has 0 bridgehead atoms. The molecule has 5 nitrogen and oxygen atoms in total. The number of carbonyl (C=O) groups excluding carboxylic acids is 1. The second-order valence-electron chi connectivity index (χ2n) is 4.39. The molecule has 0 fully saturated rings. The standard InChI is InChI=1S/C14H18N4O/c1-2-10-5-3-4-6-13(10)18-14(19)12(15)7-11-8-16-9-17-11/h3-6,8-9,12H,2,7,15H2,1H3,(H,16,17)(H,18,19)/t12-/m0/s1. The number of para-hydroxylation sites is 1. The van der Waals surface area contributed by atoms with E-state index in [-0.39, 0.29) is 5.91 Å². The highest BCUT2D eigenvalue weighted by atomic mass is 16.2. The Kier molecular flexibility index (Phi) is 4.30. The number of hydrogen-bond acceptors (Lipinski definition) is 3. The predicted octanol–water partition coefficient (Wildman–Crippen LogP) is 1.48. The van der Waals surface area contributed by atoms with E-state index in [9.17, 15) is 4.79 Å². The van der Waals surface area contributed by atoms with Crippen molar-refractivity contribution in [2.75, 3.05) is 5.32 Å². The molecule has 19 heavy (non-hydrogen) atoms. The van der Waals surface area contributed by atoms with Crippen molar-refractivity contribution < 1.29 is 4.79 Å². The van der Waals surface area contributed by atoms with Crippen LogP contribution in [0.4, 0.5) is 5.69 Å². The van der Waals surface area contributed by atoms with E-state index >= 15 is 0 Å². The van der Waals surface area contributed by atoms with Gasteiger partial charge in [-0.2, -0.15) is 0 Å². The van der Waals surface area contributed by atoms with Crippen molar-refractivity contribution in [3.8, 4) is 0 Å². The minimum absolute atomic E-state index is 0.185. The molecule has 0 radical (unpaired) electrons. The van der Waals surface area contributed by atoms with E-state index in [0.29, 0.717) is 6.42 Å². The number of aryl methyl sites for hydroxylation is 1. The number of hydrogen-bond donors (Lipinski definition) is 3. The van der Waals surface area contributed by atoms with Crippen molar-refractivity contribution in [3.05, 3.63) is 48.0 Å². The van der Waals surface area contributed by atoms with Crippen LogP contribution in [0, 0.1) is 0 Å². The van der Waals surface area contributed by atoms with Gasteiger partial charge in [-0.3, -0.25) is 4.79 Å². The molecule has 0 unspecified atom stereocenters. The van der Waals surface area contributed by atoms with Crippen LogP contribution >= 0.6 is 0 Å². The summed E-state index contributed by atoms with van der Waals surface area (Å²) >= 11 is 0. The van der Waals surface area contributed by atoms with Crippen LogP contribution in [0.2, 0.25) is 0 Å². The van der Waals surface area contributed by atoms with Gasteiger partial charge in [0.05, 0.1) is 12.4 Å². The maximum Gasteiger partial charge on any atom is 0.241 e. The zero-order valence-corrected chi connectivity index (χ0v) is 10.9. The molecule has 2 aromatic rings. The molecule has 0 aliphatic carbocycles. The van der Waals surface area contributed by atoms with Crippen LogP contribution < -0.4 is 11.1 Å². The molecule has 0 saturated heterocycles. The van der Waals surface area contributed by atoms with Gasteiger partial charge in [-0.1, -0.05) is 25.1 Å². The molecule has 0 saturated carbocycles. The Morgan fingerprint density at radius 2 is 2.26 bits per heavy atom. The van der Waals surface area contributed by atoms with Crippen molar-refractivity contribution in [1.29, 1.82) is 0 Å². The van der Waals surface area contributed by atoms with E-state index in [2.05, 4.69) is 22.2 Å². The smallest absolute Gasteiger partial charge is 0.241 e. The molecular formula is C14H18N4O. The number of benzene rings is 1. The molecule has 1 aromatic heterocycles. The number of carbonyl (C=O) groups is 1. The molecule has 1 amide bonds. The first kappa shape index (κ1) is 13.3. The Balaban J connectivity index is 2.00. The molecule has 1 heterocycles. The molecule has 4 N–H and O–H groups in total. The van der Waals surface area contributed by atoms with Gasteiger partial charge in [0.1, 0.15) is 0 Å². The fraction of sp³-hybridized carbons (Fsp3) is 0.286. The molecular weight excluding hydrogens is 240 g/mol. The van der Waals surface area contributed by atoms with E-state index in [1.807, 2.05) is 24.3 Å². The molecule has 0 aliphatic heterocycles. The largest absolute Gasteiger partial charge is 0.348 e. The molecule has 0 aliphatic rings. The average molecular weight is 258 g/mol. The van der Waals surface area contributed by atoms with Crippen LogP contribution in [0.15, 0.2) is 36.8 Å². The molecule has 0 spiro atoms. The first-order valence-corrected chi connectivity index (χ1v) is 6.32. The van der Waals surface area contributed by atoms with Gasteiger partial charge in [0.15, 0.2) is 0 Å². The van der Waals surface area contributed by atoms with Gasteiger partial charge in [-0.25, -0.2) is 4.98 Å². The topological polar surface area (TPSA) is 83.8 Å². The van der Waals surface area contributed by atoms with E-state index in [4.69, 9.17) is 5.73 Å². The van der Waals surface area contributed by atoms with Crippen molar-refractivity contribution >= 4 is 11.6 Å². The summed E-state index contributed by atoms with van der Waals surface area (Å²) in [6, 6.07) is 7.15. The highest BCUT2D eigenvalue weighted by Crippen LogP contribution is 2.15. The lowest BCUT2D eigenvalue weighted by molar-refractivity contribution is -0.117. The molecule has 5 heteroatoms. The van der Waals surface area contributed by atoms with Gasteiger partial charge in [-0.05, 0) is 18.1 Å². The number of H-pyrrole nitrogens is 1. The Bertz CT molecular complexity index is 536. The van der Waals surface area contributed by atoms with Crippen LogP contribution in [-0.4, -0.2) is 21.9 Å². The van der Waals surface area contributed by atoms with Gasteiger partial charge in [0.2, 0.25) is 5.91 Å². The average Bonchev–Trinajstić information content (AvgIpc) is 2.92. The van der Waals surface area contributed by atoms with Crippen molar-refractivity contribution in [2.24, 2.45) is 5.73 Å². The van der Waals surface area contributed by atoms with Crippen molar-refractivity contribution in [1.82, 2.24) is 9.97 Å². The molecule has 100 valence electrons. The summed E-state index contributed by atoms with van der Waals surface area (Å²) < 4.78 is 0. The lowest BCUT2D eigenvalue weighted by Gasteiger charge is -2.13. The summed E-state index contributed by atoms with van der Waals surface area (Å²) in [5.41, 5.74) is 8.67. The van der Waals surface area contributed by atoms with Crippen LogP contribution in [0.25, 0.3) is 0 Å². The number of aromatic amines is 1. The van der Waals surface area contributed by atoms with Gasteiger partial charge < -0.3 is 16.0 Å². The van der Waals surface area contributed by atoms with E-state index < -0.39 is 6.04 Å². The number of rotatable bonds is 5. The Morgan fingerprint density at radius 3 is 2.95 bits per heavy atom. The lowest BCUT2D eigenvalue weighted by Crippen LogP contribution is -2.37. The van der Waals surface area contributed by atoms with Crippen LogP contribution in [0.1, 0.15) is 18.2 Å². The minimum Gasteiger partial charge on any atom is -0.348 e. The number of nitrogens with two attached hydrogens (primary N) is 1. The normalized spacial score (nSPS) is 12.1. The highest BCUT2D eigenvalue weighted by molar-refractivity contribution is 5.95. The summed E-state index contributed by atoms with van der Waals surface area (Å²) in [5.74, 6) is -0.185. The zero-order chi connectivity index (χ0) is 13.7. The van der Waals surface area contributed by atoms with Crippen molar-refractivity contribution in [3.63, 3.8) is 0 Å². The van der Waals surface area contributed by atoms with Crippen LogP contribution in [0.5, 0.6) is 0 Å². The number of aromatic nitrogens is 2. The molecule has 1 aromatic carbocycles. The Hall–Kier alpha value is -2.14. The quantitative estimate of drug-likeness (QED) is 0.759. The van der Waals surface area contributed by atoms with Gasteiger partial charge in [0, 0.05) is 24.0 Å². The lowest BCUT2D eigenvalue weighted by atomic mass is 10.1. The second-order valence-corrected chi connectivity index (χ2v) is 4.39. The van der Waals surface area contributed by atoms with Crippen LogP contribution in [0.3, 0.4) is 0 Å². The fourth-order valence-corrected chi connectivity index (χ4v) is 1.90. The Morgan fingerprint density at radius 1 is 1.47 bits per heavy atom. The number of amides is 1. The third-order valence-corrected chi connectivity index (χ3v) is 2.99. The number of imidazole rings is 1. The first-order valence-electron chi connectivity index (χ1n) is 6.32. The maximum absolute atomic E-state index is 12.0.